The lowest BCUT2D eigenvalue weighted by Gasteiger charge is -2.37. The molecule has 0 radical (unpaired) electrons. The first-order chi connectivity index (χ1) is 7.17. The first-order valence-corrected chi connectivity index (χ1v) is 8.26. The van der Waals surface area contributed by atoms with Gasteiger partial charge in [0.15, 0.2) is 8.24 Å². The van der Waals surface area contributed by atoms with Crippen molar-refractivity contribution >= 4 is 13.4 Å². The molecule has 0 amide bonds. The van der Waals surface area contributed by atoms with E-state index in [0.717, 1.165) is 0 Å². The molecule has 0 aliphatic rings. The van der Waals surface area contributed by atoms with Gasteiger partial charge in [-0.15, -0.1) is 0 Å². The number of hydrogen-bond donors (Lipinski definition) is 0. The largest absolute Gasteiger partial charge is 0.325 e. The summed E-state index contributed by atoms with van der Waals surface area (Å²) in [6.07, 6.45) is 1.28. The van der Waals surface area contributed by atoms with Crippen molar-refractivity contribution in [3.63, 3.8) is 0 Å². The summed E-state index contributed by atoms with van der Waals surface area (Å²) in [5, 5.41) is 1.58. The van der Waals surface area contributed by atoms with Crippen LogP contribution in [0.5, 0.6) is 0 Å². The van der Waals surface area contributed by atoms with Gasteiger partial charge >= 0.3 is 0 Å². The highest BCUT2D eigenvalue weighted by atomic mass is 28.3. The molecule has 84 valence electrons. The fourth-order valence-corrected chi connectivity index (χ4v) is 6.77. The summed E-state index contributed by atoms with van der Waals surface area (Å²) in [7, 11) is 3.11. The van der Waals surface area contributed by atoms with Gasteiger partial charge in [0.25, 0.3) is 0 Å². The maximum atomic E-state index is 2.51. The van der Waals surface area contributed by atoms with Crippen LogP contribution in [0.15, 0.2) is 30.3 Å². The highest BCUT2D eigenvalue weighted by Gasteiger charge is 2.34. The van der Waals surface area contributed by atoms with E-state index in [1.807, 2.05) is 0 Å². The molecule has 0 heterocycles. The molecule has 0 saturated heterocycles. The van der Waals surface area contributed by atoms with E-state index in [0.29, 0.717) is 0 Å². The zero-order valence-electron chi connectivity index (χ0n) is 10.5. The number of hydrogen-bond acceptors (Lipinski definition) is 1. The minimum Gasteiger partial charge on any atom is -0.325 e. The third-order valence-corrected chi connectivity index (χ3v) is 9.03. The third kappa shape index (κ3) is 2.50. The monoisotopic (exact) mass is 221 g/mol. The zero-order chi connectivity index (χ0) is 11.3. The number of benzene rings is 1. The Balaban J connectivity index is 3.09. The Morgan fingerprint density at radius 1 is 1.07 bits per heavy atom. The van der Waals surface area contributed by atoms with Crippen molar-refractivity contribution in [1.82, 2.24) is 4.57 Å². The van der Waals surface area contributed by atoms with Gasteiger partial charge in [-0.05, 0) is 31.4 Å². The molecule has 1 nitrogen and oxygen atoms in total. The summed E-state index contributed by atoms with van der Waals surface area (Å²) in [6, 6.07) is 13.7. The van der Waals surface area contributed by atoms with Gasteiger partial charge in [0, 0.05) is 0 Å². The quantitative estimate of drug-likeness (QED) is 0.691. The first kappa shape index (κ1) is 12.5. The molecule has 0 N–H and O–H groups in total. The summed E-state index contributed by atoms with van der Waals surface area (Å²) in [6.45, 7) is 4.64. The summed E-state index contributed by atoms with van der Waals surface area (Å²) >= 11 is 0. The molecule has 0 aliphatic carbocycles. The number of nitrogens with zero attached hydrogens (tertiary/aromatic N) is 1. The van der Waals surface area contributed by atoms with Crippen LogP contribution in [-0.4, -0.2) is 26.9 Å². The van der Waals surface area contributed by atoms with E-state index < -0.39 is 8.24 Å². The molecule has 0 saturated carbocycles. The Hall–Kier alpha value is -0.603. The maximum Gasteiger partial charge on any atom is 0.159 e. The summed E-state index contributed by atoms with van der Waals surface area (Å²) in [5.74, 6) is 0. The molecule has 0 fully saturated rings. The van der Waals surface area contributed by atoms with E-state index in [1.54, 1.807) is 5.19 Å². The molecule has 1 unspecified atom stereocenters. The second-order valence-corrected chi connectivity index (χ2v) is 9.14. The van der Waals surface area contributed by atoms with E-state index in [-0.39, 0.29) is 0 Å². The molecular weight excluding hydrogens is 198 g/mol. The van der Waals surface area contributed by atoms with Crippen LogP contribution in [0.3, 0.4) is 0 Å². The Morgan fingerprint density at radius 2 is 1.67 bits per heavy atom. The van der Waals surface area contributed by atoms with Crippen LogP contribution >= 0.6 is 0 Å². The molecule has 0 aromatic heterocycles. The van der Waals surface area contributed by atoms with Crippen LogP contribution in [0.1, 0.15) is 20.3 Å². The molecule has 0 aliphatic heterocycles. The van der Waals surface area contributed by atoms with Crippen LogP contribution in [0.2, 0.25) is 12.1 Å². The maximum absolute atomic E-state index is 2.51. The van der Waals surface area contributed by atoms with Crippen LogP contribution < -0.4 is 5.19 Å². The molecule has 1 rings (SSSR count). The Morgan fingerprint density at radius 3 is 2.07 bits per heavy atom. The minimum absolute atomic E-state index is 1.28. The topological polar surface area (TPSA) is 3.24 Å². The average Bonchev–Trinajstić information content (AvgIpc) is 2.26. The van der Waals surface area contributed by atoms with Crippen molar-refractivity contribution in [1.29, 1.82) is 0 Å². The van der Waals surface area contributed by atoms with E-state index in [4.69, 9.17) is 0 Å². The van der Waals surface area contributed by atoms with Gasteiger partial charge in [0.2, 0.25) is 0 Å². The highest BCUT2D eigenvalue weighted by Crippen LogP contribution is 2.19. The van der Waals surface area contributed by atoms with Gasteiger partial charge in [0.05, 0.1) is 0 Å². The molecule has 1 aromatic rings. The lowest BCUT2D eigenvalue weighted by atomic mass is 10.4. The van der Waals surface area contributed by atoms with E-state index in [2.05, 4.69) is 62.8 Å². The second-order valence-electron chi connectivity index (χ2n) is 4.40. The van der Waals surface area contributed by atoms with Crippen LogP contribution in [0.25, 0.3) is 0 Å². The van der Waals surface area contributed by atoms with Crippen LogP contribution in [0.4, 0.5) is 0 Å². The Labute approximate surface area is 95.2 Å². The van der Waals surface area contributed by atoms with Gasteiger partial charge < -0.3 is 4.57 Å². The van der Waals surface area contributed by atoms with E-state index >= 15 is 0 Å². The fourth-order valence-electron chi connectivity index (χ4n) is 2.49. The Bertz CT molecular complexity index is 284. The van der Waals surface area contributed by atoms with Gasteiger partial charge in [0.1, 0.15) is 0 Å². The normalized spacial score (nSPS) is 15.3. The van der Waals surface area contributed by atoms with Crippen molar-refractivity contribution in [3.8, 4) is 0 Å². The number of rotatable bonds is 5. The summed E-state index contributed by atoms with van der Waals surface area (Å²) in [5.41, 5.74) is 0. The molecule has 1 aromatic carbocycles. The Kier molecular flexibility index (Phi) is 4.55. The lowest BCUT2D eigenvalue weighted by Crippen LogP contribution is -2.58. The van der Waals surface area contributed by atoms with Crippen molar-refractivity contribution in [2.45, 2.75) is 32.4 Å². The second kappa shape index (κ2) is 5.47. The highest BCUT2D eigenvalue weighted by molar-refractivity contribution is 6.89. The summed E-state index contributed by atoms with van der Waals surface area (Å²) < 4.78 is 2.51. The van der Waals surface area contributed by atoms with Crippen molar-refractivity contribution < 1.29 is 0 Å². The molecule has 0 bridgehead atoms. The minimum atomic E-state index is -1.39. The SMILES string of the molecule is CCC[Si](CC)(c1ccccc1)N(C)C. The molecule has 15 heavy (non-hydrogen) atoms. The summed E-state index contributed by atoms with van der Waals surface area (Å²) in [4.78, 5) is 0. The van der Waals surface area contributed by atoms with Gasteiger partial charge in [-0.3, -0.25) is 0 Å². The van der Waals surface area contributed by atoms with Crippen molar-refractivity contribution in [3.05, 3.63) is 30.3 Å². The van der Waals surface area contributed by atoms with E-state index in [9.17, 15) is 0 Å². The van der Waals surface area contributed by atoms with Gasteiger partial charge in [-0.25, -0.2) is 0 Å². The predicted molar refractivity (Wildman–Crippen MR) is 71.1 cm³/mol. The average molecular weight is 221 g/mol. The van der Waals surface area contributed by atoms with Crippen molar-refractivity contribution in [2.75, 3.05) is 14.1 Å². The van der Waals surface area contributed by atoms with E-state index in [1.165, 1.54) is 18.5 Å². The lowest BCUT2D eigenvalue weighted by molar-refractivity contribution is 0.612. The standard InChI is InChI=1S/C13H23NSi/c1-5-12-15(6-2,14(3)4)13-10-8-7-9-11-13/h7-11H,5-6,12H2,1-4H3. The molecular formula is C13H23NSi. The van der Waals surface area contributed by atoms with Crippen molar-refractivity contribution in [2.24, 2.45) is 0 Å². The molecule has 1 atom stereocenters. The first-order valence-electron chi connectivity index (χ1n) is 5.90. The van der Waals surface area contributed by atoms with Crippen LogP contribution in [0, 0.1) is 0 Å². The van der Waals surface area contributed by atoms with Gasteiger partial charge in [-0.1, -0.05) is 50.6 Å². The fraction of sp³-hybridized carbons (Fsp3) is 0.538. The zero-order valence-corrected chi connectivity index (χ0v) is 11.5. The third-order valence-electron chi connectivity index (χ3n) is 3.42. The molecule has 0 spiro atoms. The predicted octanol–water partition coefficient (Wildman–Crippen LogP) is 2.83. The van der Waals surface area contributed by atoms with Gasteiger partial charge in [-0.2, -0.15) is 0 Å². The molecule has 2 heteroatoms. The smallest absolute Gasteiger partial charge is 0.159 e. The van der Waals surface area contributed by atoms with Crippen LogP contribution in [-0.2, 0) is 0 Å².